The number of nitrogens with two attached hydrogens (primary N) is 1. The molecule has 9 heteroatoms. The molecule has 1 aromatic carbocycles. The second-order valence-corrected chi connectivity index (χ2v) is 6.93. The van der Waals surface area contributed by atoms with Crippen molar-refractivity contribution in [2.75, 3.05) is 6.54 Å². The highest BCUT2D eigenvalue weighted by molar-refractivity contribution is 7.90. The molecule has 0 unspecified atom stereocenters. The van der Waals surface area contributed by atoms with Crippen molar-refractivity contribution in [3.05, 3.63) is 29.1 Å². The van der Waals surface area contributed by atoms with Crippen LogP contribution in [-0.2, 0) is 14.8 Å². The summed E-state index contributed by atoms with van der Waals surface area (Å²) in [6.07, 6.45) is -0.163. The summed E-state index contributed by atoms with van der Waals surface area (Å²) in [4.78, 5) is 21.4. The van der Waals surface area contributed by atoms with Gasteiger partial charge in [0.25, 0.3) is 0 Å². The van der Waals surface area contributed by atoms with Crippen molar-refractivity contribution in [3.8, 4) is 0 Å². The van der Waals surface area contributed by atoms with E-state index in [1.807, 2.05) is 0 Å². The molecule has 7 nitrogen and oxygen atoms in total. The van der Waals surface area contributed by atoms with Gasteiger partial charge in [-0.05, 0) is 6.07 Å². The Balaban J connectivity index is 2.50. The molecule has 4 N–H and O–H groups in total. The lowest BCUT2D eigenvalue weighted by molar-refractivity contribution is -0.117. The van der Waals surface area contributed by atoms with Crippen molar-refractivity contribution >= 4 is 43.3 Å². The molecule has 0 saturated heterocycles. The van der Waals surface area contributed by atoms with Gasteiger partial charge in [0.2, 0.25) is 15.9 Å². The number of aromatic carboxylic acids is 1. The van der Waals surface area contributed by atoms with Crippen molar-refractivity contribution in [2.24, 2.45) is 5.73 Å². The highest BCUT2D eigenvalue weighted by Crippen LogP contribution is 2.34. The minimum atomic E-state index is -4.04. The number of amides is 1. The number of hydrogen-bond donors (Lipinski definition) is 3. The second-order valence-electron chi connectivity index (χ2n) is 4.18. The first kappa shape index (κ1) is 15.4. The van der Waals surface area contributed by atoms with Crippen molar-refractivity contribution in [1.82, 2.24) is 4.72 Å². The van der Waals surface area contributed by atoms with Crippen molar-refractivity contribution in [2.45, 2.75) is 11.3 Å². The van der Waals surface area contributed by atoms with Crippen molar-refractivity contribution < 1.29 is 23.1 Å². The van der Waals surface area contributed by atoms with E-state index in [1.54, 1.807) is 24.3 Å². The van der Waals surface area contributed by atoms with Gasteiger partial charge < -0.3 is 10.8 Å². The molecule has 0 bridgehead atoms. The van der Waals surface area contributed by atoms with E-state index in [2.05, 4.69) is 4.72 Å². The molecular weight excluding hydrogens is 316 g/mol. The van der Waals surface area contributed by atoms with Crippen LogP contribution in [0.4, 0.5) is 0 Å². The minimum absolute atomic E-state index is 0.163. The Hall–Kier alpha value is -1.97. The van der Waals surface area contributed by atoms with Crippen LogP contribution < -0.4 is 10.5 Å². The number of benzene rings is 1. The van der Waals surface area contributed by atoms with E-state index in [9.17, 15) is 23.1 Å². The molecule has 1 heterocycles. The Morgan fingerprint density at radius 3 is 2.57 bits per heavy atom. The number of hydrogen-bond acceptors (Lipinski definition) is 5. The average Bonchev–Trinajstić information content (AvgIpc) is 2.78. The summed E-state index contributed by atoms with van der Waals surface area (Å²) < 4.78 is 27.3. The number of primary amides is 1. The lowest BCUT2D eigenvalue weighted by atomic mass is 10.2. The maximum absolute atomic E-state index is 12.3. The van der Waals surface area contributed by atoms with E-state index in [1.165, 1.54) is 0 Å². The van der Waals surface area contributed by atoms with Crippen molar-refractivity contribution in [3.63, 3.8) is 0 Å². The highest BCUT2D eigenvalue weighted by atomic mass is 32.2. The summed E-state index contributed by atoms with van der Waals surface area (Å²) in [7, 11) is -4.04. The zero-order valence-electron chi connectivity index (χ0n) is 10.7. The smallest absolute Gasteiger partial charge is 0.347 e. The Kier molecular flexibility index (Phi) is 4.26. The van der Waals surface area contributed by atoms with Gasteiger partial charge in [0, 0.05) is 23.1 Å². The quantitative estimate of drug-likeness (QED) is 0.721. The molecule has 1 aromatic heterocycles. The van der Waals surface area contributed by atoms with E-state index in [4.69, 9.17) is 5.73 Å². The summed E-state index contributed by atoms with van der Waals surface area (Å²) in [6, 6.07) is 6.51. The third kappa shape index (κ3) is 3.20. The maximum atomic E-state index is 12.3. The lowest BCUT2D eigenvalue weighted by Gasteiger charge is -2.06. The van der Waals surface area contributed by atoms with Gasteiger partial charge in [-0.25, -0.2) is 17.9 Å². The second kappa shape index (κ2) is 5.80. The Morgan fingerprint density at radius 2 is 1.95 bits per heavy atom. The van der Waals surface area contributed by atoms with Gasteiger partial charge in [-0.1, -0.05) is 18.2 Å². The van der Waals surface area contributed by atoms with Gasteiger partial charge in [-0.2, -0.15) is 0 Å². The van der Waals surface area contributed by atoms with Crippen LogP contribution in [0.3, 0.4) is 0 Å². The summed E-state index contributed by atoms with van der Waals surface area (Å²) in [5.74, 6) is -1.96. The van der Waals surface area contributed by atoms with Crippen molar-refractivity contribution in [1.29, 1.82) is 0 Å². The molecule has 2 aromatic rings. The molecule has 2 rings (SSSR count). The molecular formula is C12H12N2O5S2. The largest absolute Gasteiger partial charge is 0.477 e. The van der Waals surface area contributed by atoms with E-state index in [-0.39, 0.29) is 22.7 Å². The fourth-order valence-electron chi connectivity index (χ4n) is 1.81. The number of rotatable bonds is 6. The lowest BCUT2D eigenvalue weighted by Crippen LogP contribution is -2.28. The zero-order valence-corrected chi connectivity index (χ0v) is 12.3. The monoisotopic (exact) mass is 328 g/mol. The van der Waals surface area contributed by atoms with Crippen LogP contribution in [0.15, 0.2) is 29.2 Å². The zero-order chi connectivity index (χ0) is 15.6. The van der Waals surface area contributed by atoms with Crippen LogP contribution in [0.2, 0.25) is 0 Å². The molecule has 0 aliphatic rings. The molecule has 1 amide bonds. The topological polar surface area (TPSA) is 127 Å². The average molecular weight is 328 g/mol. The molecule has 21 heavy (non-hydrogen) atoms. The molecule has 0 aliphatic carbocycles. The number of carbonyl (C=O) groups excluding carboxylic acids is 1. The van der Waals surface area contributed by atoms with Gasteiger partial charge >= 0.3 is 5.97 Å². The fraction of sp³-hybridized carbons (Fsp3) is 0.167. The van der Waals surface area contributed by atoms with Gasteiger partial charge in [-0.3, -0.25) is 4.79 Å². The summed E-state index contributed by atoms with van der Waals surface area (Å²) in [5.41, 5.74) is 4.94. The summed E-state index contributed by atoms with van der Waals surface area (Å²) >= 11 is 0.888. The number of carbonyl (C=O) groups is 2. The van der Waals surface area contributed by atoms with Crippen LogP contribution in [0.1, 0.15) is 16.1 Å². The van der Waals surface area contributed by atoms with E-state index < -0.39 is 21.9 Å². The molecule has 0 fully saturated rings. The third-order valence-electron chi connectivity index (χ3n) is 2.68. The maximum Gasteiger partial charge on any atom is 0.347 e. The Labute approximate surface area is 124 Å². The summed E-state index contributed by atoms with van der Waals surface area (Å²) in [6.45, 7) is -0.180. The number of sulfonamides is 1. The molecule has 0 atom stereocenters. The van der Waals surface area contributed by atoms with Crippen LogP contribution in [0.25, 0.3) is 10.1 Å². The molecule has 0 spiro atoms. The first-order valence-electron chi connectivity index (χ1n) is 5.85. The SMILES string of the molecule is NC(=O)CCNS(=O)(=O)c1c(C(=O)O)sc2ccccc12. The standard InChI is InChI=1S/C12H12N2O5S2/c13-9(15)5-6-14-21(18,19)11-7-3-1-2-4-8(7)20-10(11)12(16)17/h1-4,14H,5-6H2,(H2,13,15)(H,16,17). The number of nitrogens with one attached hydrogen (secondary N) is 1. The first-order valence-corrected chi connectivity index (χ1v) is 8.15. The number of fused-ring (bicyclic) bond motifs is 1. The van der Waals surface area contributed by atoms with E-state index in [0.717, 1.165) is 11.3 Å². The Morgan fingerprint density at radius 1 is 1.29 bits per heavy atom. The van der Waals surface area contributed by atoms with Crippen LogP contribution in [0, 0.1) is 0 Å². The third-order valence-corrected chi connectivity index (χ3v) is 5.51. The predicted octanol–water partition coefficient (Wildman–Crippen LogP) is 0.753. The van der Waals surface area contributed by atoms with E-state index in [0.29, 0.717) is 10.1 Å². The minimum Gasteiger partial charge on any atom is -0.477 e. The Bertz CT molecular complexity index is 810. The van der Waals surface area contributed by atoms with Gasteiger partial charge in [-0.15, -0.1) is 11.3 Å². The fourth-order valence-corrected chi connectivity index (χ4v) is 4.58. The van der Waals surface area contributed by atoms with Gasteiger partial charge in [0.15, 0.2) is 0 Å². The molecule has 0 saturated carbocycles. The first-order chi connectivity index (χ1) is 9.83. The van der Waals surface area contributed by atoms with Crippen LogP contribution >= 0.6 is 11.3 Å². The van der Waals surface area contributed by atoms with E-state index >= 15 is 0 Å². The van der Waals surface area contributed by atoms with Crippen LogP contribution in [0.5, 0.6) is 0 Å². The number of carboxylic acid groups (broad SMARTS) is 1. The summed E-state index contributed by atoms with van der Waals surface area (Å²) in [5, 5.41) is 9.53. The molecule has 112 valence electrons. The normalized spacial score (nSPS) is 11.6. The van der Waals surface area contributed by atoms with Crippen LogP contribution in [-0.4, -0.2) is 31.9 Å². The predicted molar refractivity (Wildman–Crippen MR) is 77.8 cm³/mol. The van der Waals surface area contributed by atoms with Gasteiger partial charge in [0.05, 0.1) is 0 Å². The highest BCUT2D eigenvalue weighted by Gasteiger charge is 2.27. The molecule has 0 aliphatic heterocycles. The number of thiophene rings is 1. The number of carboxylic acids is 1. The van der Waals surface area contributed by atoms with Gasteiger partial charge in [0.1, 0.15) is 9.77 Å². The molecule has 0 radical (unpaired) electrons.